The van der Waals surface area contributed by atoms with Crippen LogP contribution < -0.4 is 0 Å². The summed E-state index contributed by atoms with van der Waals surface area (Å²) in [5, 5.41) is 0. The van der Waals surface area contributed by atoms with Gasteiger partial charge in [-0.05, 0) is 31.2 Å². The largest absolute Gasteiger partial charge is 0.337 e. The Kier molecular flexibility index (Phi) is 4.06. The van der Waals surface area contributed by atoms with Crippen LogP contribution in [0.3, 0.4) is 0 Å². The number of fused-ring (bicyclic) bond motifs is 3. The van der Waals surface area contributed by atoms with E-state index in [1.165, 1.54) is 4.88 Å². The molecule has 138 valence electrons. The normalized spacial score (nSPS) is 22.1. The Hall–Kier alpha value is -2.51. The lowest BCUT2D eigenvalue weighted by Gasteiger charge is -2.38. The average Bonchev–Trinajstić information content (AvgIpc) is 3.40. The van der Waals surface area contributed by atoms with E-state index in [1.807, 2.05) is 46.9 Å². The molecule has 0 aliphatic carbocycles. The van der Waals surface area contributed by atoms with E-state index in [-0.39, 0.29) is 18.0 Å². The van der Waals surface area contributed by atoms with Gasteiger partial charge in [0.15, 0.2) is 0 Å². The van der Waals surface area contributed by atoms with Gasteiger partial charge in [-0.2, -0.15) is 0 Å². The first-order valence-corrected chi connectivity index (χ1v) is 10.1. The lowest BCUT2D eigenvalue weighted by atomic mass is 10.1. The summed E-state index contributed by atoms with van der Waals surface area (Å²) < 4.78 is 2.17. The molecule has 2 aliphatic rings. The number of nitrogens with zero attached hydrogens (tertiary/aromatic N) is 5. The minimum atomic E-state index is 0.0997. The van der Waals surface area contributed by atoms with Crippen LogP contribution in [0.15, 0.2) is 48.2 Å². The number of pyridine rings is 1. The van der Waals surface area contributed by atoms with Gasteiger partial charge in [0.1, 0.15) is 5.69 Å². The van der Waals surface area contributed by atoms with Gasteiger partial charge in [-0.1, -0.05) is 6.07 Å². The second-order valence-corrected chi connectivity index (χ2v) is 8.18. The van der Waals surface area contributed by atoms with E-state index in [0.717, 1.165) is 36.7 Å². The topological polar surface area (TPSA) is 54.3 Å². The fourth-order valence-electron chi connectivity index (χ4n) is 4.25. The van der Waals surface area contributed by atoms with Crippen LogP contribution in [0.4, 0.5) is 0 Å². The molecule has 1 fully saturated rings. The SMILES string of the molecule is Cc1ncsc1CN1C[C@H]2[C@H](C1)n1cccc1C(=O)N2Cc1ccccn1. The second-order valence-electron chi connectivity index (χ2n) is 7.24. The summed E-state index contributed by atoms with van der Waals surface area (Å²) in [6.45, 7) is 5.33. The maximum atomic E-state index is 13.2. The van der Waals surface area contributed by atoms with Crippen molar-refractivity contribution < 1.29 is 4.79 Å². The second kappa shape index (κ2) is 6.58. The van der Waals surface area contributed by atoms with E-state index in [2.05, 4.69) is 26.4 Å². The van der Waals surface area contributed by atoms with Crippen molar-refractivity contribution in [2.45, 2.75) is 32.1 Å². The average molecular weight is 379 g/mol. The van der Waals surface area contributed by atoms with Gasteiger partial charge >= 0.3 is 0 Å². The molecule has 27 heavy (non-hydrogen) atoms. The molecule has 2 atom stereocenters. The van der Waals surface area contributed by atoms with Gasteiger partial charge in [-0.25, -0.2) is 4.98 Å². The molecule has 5 heterocycles. The molecule has 2 aliphatic heterocycles. The van der Waals surface area contributed by atoms with Crippen LogP contribution >= 0.6 is 11.3 Å². The quantitative estimate of drug-likeness (QED) is 0.699. The van der Waals surface area contributed by atoms with Crippen molar-refractivity contribution in [1.29, 1.82) is 0 Å². The molecular formula is C20H21N5OS. The highest BCUT2D eigenvalue weighted by Gasteiger charge is 2.45. The summed E-state index contributed by atoms with van der Waals surface area (Å²) in [5.74, 6) is 0.0997. The van der Waals surface area contributed by atoms with E-state index >= 15 is 0 Å². The summed E-state index contributed by atoms with van der Waals surface area (Å²) in [4.78, 5) is 27.7. The molecule has 1 amide bonds. The van der Waals surface area contributed by atoms with Crippen molar-refractivity contribution in [3.05, 3.63) is 70.2 Å². The van der Waals surface area contributed by atoms with Crippen LogP contribution in [0.2, 0.25) is 0 Å². The number of aryl methyl sites for hydroxylation is 1. The van der Waals surface area contributed by atoms with Crippen LogP contribution in [0, 0.1) is 6.92 Å². The van der Waals surface area contributed by atoms with E-state index in [9.17, 15) is 4.79 Å². The number of carbonyl (C=O) groups is 1. The number of likely N-dealkylation sites (tertiary alicyclic amines) is 1. The molecule has 3 aromatic rings. The van der Waals surface area contributed by atoms with E-state index in [4.69, 9.17) is 0 Å². The predicted octanol–water partition coefficient (Wildman–Crippen LogP) is 2.73. The van der Waals surface area contributed by atoms with Crippen molar-refractivity contribution in [2.24, 2.45) is 0 Å². The smallest absolute Gasteiger partial charge is 0.271 e. The van der Waals surface area contributed by atoms with Gasteiger partial charge in [0.2, 0.25) is 0 Å². The van der Waals surface area contributed by atoms with E-state index in [0.29, 0.717) is 6.54 Å². The van der Waals surface area contributed by atoms with Gasteiger partial charge < -0.3 is 9.47 Å². The summed E-state index contributed by atoms with van der Waals surface area (Å²) in [5.41, 5.74) is 4.73. The zero-order valence-electron chi connectivity index (χ0n) is 15.2. The molecule has 0 saturated carbocycles. The van der Waals surface area contributed by atoms with Crippen LogP contribution in [0.5, 0.6) is 0 Å². The first-order chi connectivity index (χ1) is 13.2. The molecule has 5 rings (SSSR count). The number of hydrogen-bond donors (Lipinski definition) is 0. The Morgan fingerprint density at radius 3 is 2.78 bits per heavy atom. The lowest BCUT2D eigenvalue weighted by Crippen LogP contribution is -2.49. The first kappa shape index (κ1) is 16.6. The number of hydrogen-bond acceptors (Lipinski definition) is 5. The molecule has 1 saturated heterocycles. The van der Waals surface area contributed by atoms with Crippen LogP contribution in [0.1, 0.15) is 32.8 Å². The molecule has 0 spiro atoms. The third kappa shape index (κ3) is 2.87. The zero-order chi connectivity index (χ0) is 18.4. The van der Waals surface area contributed by atoms with E-state index in [1.54, 1.807) is 17.5 Å². The summed E-state index contributed by atoms with van der Waals surface area (Å²) >= 11 is 1.71. The molecule has 0 unspecified atom stereocenters. The highest BCUT2D eigenvalue weighted by Crippen LogP contribution is 2.35. The number of carbonyl (C=O) groups excluding carboxylic acids is 1. The van der Waals surface area contributed by atoms with Crippen LogP contribution in [-0.2, 0) is 13.1 Å². The molecule has 3 aromatic heterocycles. The van der Waals surface area contributed by atoms with Crippen LogP contribution in [-0.4, -0.2) is 49.4 Å². The summed E-state index contributed by atoms with van der Waals surface area (Å²) in [6.07, 6.45) is 3.84. The van der Waals surface area contributed by atoms with Gasteiger partial charge in [-0.15, -0.1) is 11.3 Å². The van der Waals surface area contributed by atoms with Crippen molar-refractivity contribution in [3.63, 3.8) is 0 Å². The monoisotopic (exact) mass is 379 g/mol. The molecule has 6 nitrogen and oxygen atoms in total. The van der Waals surface area contributed by atoms with Gasteiger partial charge in [0.05, 0.1) is 35.5 Å². The van der Waals surface area contributed by atoms with Gasteiger partial charge in [0, 0.05) is 36.9 Å². The van der Waals surface area contributed by atoms with Crippen LogP contribution in [0.25, 0.3) is 0 Å². The highest BCUT2D eigenvalue weighted by molar-refractivity contribution is 7.09. The minimum absolute atomic E-state index is 0.0997. The van der Waals surface area contributed by atoms with Crippen molar-refractivity contribution >= 4 is 17.2 Å². The molecule has 0 N–H and O–H groups in total. The lowest BCUT2D eigenvalue weighted by molar-refractivity contribution is 0.0553. The Morgan fingerprint density at radius 1 is 1.11 bits per heavy atom. The Morgan fingerprint density at radius 2 is 2.00 bits per heavy atom. The Balaban J connectivity index is 1.45. The Bertz CT molecular complexity index is 966. The summed E-state index contributed by atoms with van der Waals surface area (Å²) in [7, 11) is 0. The highest BCUT2D eigenvalue weighted by atomic mass is 32.1. The fourth-order valence-corrected chi connectivity index (χ4v) is 5.07. The Labute approximate surface area is 162 Å². The molecular weight excluding hydrogens is 358 g/mol. The predicted molar refractivity (Wildman–Crippen MR) is 103 cm³/mol. The van der Waals surface area contributed by atoms with Crippen molar-refractivity contribution in [1.82, 2.24) is 24.3 Å². The number of amides is 1. The molecule has 7 heteroatoms. The van der Waals surface area contributed by atoms with Gasteiger partial charge in [-0.3, -0.25) is 14.7 Å². The number of thiazole rings is 1. The number of rotatable bonds is 4. The van der Waals surface area contributed by atoms with Crippen molar-refractivity contribution in [3.8, 4) is 0 Å². The maximum Gasteiger partial charge on any atom is 0.271 e. The van der Waals surface area contributed by atoms with E-state index < -0.39 is 0 Å². The van der Waals surface area contributed by atoms with Gasteiger partial charge in [0.25, 0.3) is 5.91 Å². The minimum Gasteiger partial charge on any atom is -0.337 e. The fraction of sp³-hybridized carbons (Fsp3) is 0.350. The van der Waals surface area contributed by atoms with Crippen molar-refractivity contribution in [2.75, 3.05) is 13.1 Å². The third-order valence-corrected chi connectivity index (χ3v) is 6.54. The molecule has 0 aromatic carbocycles. The standard InChI is InChI=1S/C20H21N5OS/c1-14-19(27-13-22-14)12-23-10-17-18(11-23)25(9-15-5-2-3-7-21-15)20(26)16-6-4-8-24(16)17/h2-8,13,17-18H,9-12H2,1H3/t17-,18-/m0/s1. The third-order valence-electron chi connectivity index (χ3n) is 5.62. The molecule has 0 radical (unpaired) electrons. The molecule has 0 bridgehead atoms. The summed E-state index contributed by atoms with van der Waals surface area (Å²) in [6, 6.07) is 10.2. The maximum absolute atomic E-state index is 13.2. The zero-order valence-corrected chi connectivity index (χ0v) is 16.0. The first-order valence-electron chi connectivity index (χ1n) is 9.20. The number of aromatic nitrogens is 3.